The number of nitrogens with zero attached hydrogens (tertiary/aromatic N) is 2. The zero-order chi connectivity index (χ0) is 13.0. The Morgan fingerprint density at radius 2 is 2.50 bits per heavy atom. The lowest BCUT2D eigenvalue weighted by Gasteiger charge is -2.31. The first kappa shape index (κ1) is 12.8. The summed E-state index contributed by atoms with van der Waals surface area (Å²) in [5.74, 6) is 0.304. The van der Waals surface area contributed by atoms with Gasteiger partial charge in [0.15, 0.2) is 0 Å². The summed E-state index contributed by atoms with van der Waals surface area (Å²) in [5.41, 5.74) is 0.604. The molecule has 1 amide bonds. The average molecular weight is 250 g/mol. The lowest BCUT2D eigenvalue weighted by atomic mass is 9.94. The number of likely N-dealkylation sites (tertiary alicyclic amines) is 1. The van der Waals surface area contributed by atoms with Crippen molar-refractivity contribution < 1.29 is 4.79 Å². The molecule has 0 aliphatic carbocycles. The second-order valence-electron chi connectivity index (χ2n) is 4.58. The molecule has 6 heteroatoms. The number of hydrogen-bond acceptors (Lipinski definition) is 4. The fourth-order valence-electron chi connectivity index (χ4n) is 2.36. The van der Waals surface area contributed by atoms with E-state index in [2.05, 4.69) is 20.2 Å². The molecule has 0 spiro atoms. The van der Waals surface area contributed by atoms with E-state index < -0.39 is 0 Å². The van der Waals surface area contributed by atoms with Crippen LogP contribution in [-0.2, 0) is 4.79 Å². The van der Waals surface area contributed by atoms with E-state index in [1.54, 1.807) is 7.05 Å². The molecule has 2 rings (SSSR count). The molecule has 1 aliphatic rings. The summed E-state index contributed by atoms with van der Waals surface area (Å²) in [7, 11) is 1.64. The third-order valence-corrected chi connectivity index (χ3v) is 3.29. The molecule has 1 aliphatic heterocycles. The van der Waals surface area contributed by atoms with Crippen LogP contribution in [0.1, 0.15) is 24.5 Å². The predicted octanol–water partition coefficient (Wildman–Crippen LogP) is -0.305. The number of piperidine rings is 1. The fourth-order valence-corrected chi connectivity index (χ4v) is 2.36. The summed E-state index contributed by atoms with van der Waals surface area (Å²) < 4.78 is 0. The van der Waals surface area contributed by atoms with Crippen molar-refractivity contribution in [2.24, 2.45) is 0 Å². The molecule has 1 saturated heterocycles. The number of likely N-dealkylation sites (N-methyl/N-ethyl adjacent to an activating group) is 1. The molecular formula is C12H18N4O2. The Hall–Kier alpha value is -1.69. The van der Waals surface area contributed by atoms with Crippen molar-refractivity contribution >= 4 is 5.91 Å². The Kier molecular flexibility index (Phi) is 4.09. The monoisotopic (exact) mass is 250 g/mol. The molecule has 0 saturated carbocycles. The van der Waals surface area contributed by atoms with Crippen LogP contribution in [0.4, 0.5) is 0 Å². The second kappa shape index (κ2) is 5.77. The zero-order valence-corrected chi connectivity index (χ0v) is 10.5. The van der Waals surface area contributed by atoms with Crippen LogP contribution in [0.15, 0.2) is 17.1 Å². The van der Waals surface area contributed by atoms with Gasteiger partial charge in [-0.15, -0.1) is 0 Å². The van der Waals surface area contributed by atoms with E-state index in [-0.39, 0.29) is 17.5 Å². The molecule has 2 heterocycles. The third-order valence-electron chi connectivity index (χ3n) is 3.29. The number of nitrogens with one attached hydrogen (secondary N) is 2. The minimum atomic E-state index is -0.309. The SMILES string of the molecule is CNC(=O)CN1CCC[C@H](c2ccnc(=O)[nH]2)C1. The van der Waals surface area contributed by atoms with Crippen molar-refractivity contribution in [2.75, 3.05) is 26.7 Å². The number of carbonyl (C=O) groups is 1. The van der Waals surface area contributed by atoms with Crippen molar-refractivity contribution in [2.45, 2.75) is 18.8 Å². The quantitative estimate of drug-likeness (QED) is 0.771. The summed E-state index contributed by atoms with van der Waals surface area (Å²) in [6.45, 7) is 2.15. The Labute approximate surface area is 105 Å². The first-order valence-corrected chi connectivity index (χ1v) is 6.17. The average Bonchev–Trinajstić information content (AvgIpc) is 2.39. The molecule has 0 unspecified atom stereocenters. The van der Waals surface area contributed by atoms with Crippen molar-refractivity contribution in [1.29, 1.82) is 0 Å². The maximum atomic E-state index is 11.4. The molecule has 0 bridgehead atoms. The van der Waals surface area contributed by atoms with Gasteiger partial charge in [0.2, 0.25) is 5.91 Å². The molecule has 6 nitrogen and oxygen atoms in total. The van der Waals surface area contributed by atoms with Crippen LogP contribution in [0.3, 0.4) is 0 Å². The molecule has 1 aromatic rings. The van der Waals surface area contributed by atoms with Gasteiger partial charge in [-0.05, 0) is 25.5 Å². The maximum Gasteiger partial charge on any atom is 0.345 e. The van der Waals surface area contributed by atoms with Gasteiger partial charge >= 0.3 is 5.69 Å². The topological polar surface area (TPSA) is 78.1 Å². The van der Waals surface area contributed by atoms with Crippen LogP contribution in [-0.4, -0.2) is 47.5 Å². The summed E-state index contributed by atoms with van der Waals surface area (Å²) in [6.07, 6.45) is 3.60. The van der Waals surface area contributed by atoms with Crippen molar-refractivity contribution in [3.8, 4) is 0 Å². The summed E-state index contributed by atoms with van der Waals surface area (Å²) in [6, 6.07) is 1.84. The molecule has 1 fully saturated rings. The molecule has 2 N–H and O–H groups in total. The number of H-pyrrole nitrogens is 1. The van der Waals surface area contributed by atoms with Gasteiger partial charge in [-0.2, -0.15) is 0 Å². The van der Waals surface area contributed by atoms with Gasteiger partial charge in [-0.1, -0.05) is 0 Å². The van der Waals surface area contributed by atoms with E-state index >= 15 is 0 Å². The van der Waals surface area contributed by atoms with E-state index in [4.69, 9.17) is 0 Å². The fraction of sp³-hybridized carbons (Fsp3) is 0.583. The first-order chi connectivity index (χ1) is 8.69. The predicted molar refractivity (Wildman–Crippen MR) is 67.3 cm³/mol. The van der Waals surface area contributed by atoms with Crippen LogP contribution < -0.4 is 11.0 Å². The normalized spacial score (nSPS) is 20.6. The number of carbonyl (C=O) groups excluding carboxylic acids is 1. The van der Waals surface area contributed by atoms with E-state index in [0.29, 0.717) is 6.54 Å². The van der Waals surface area contributed by atoms with Crippen LogP contribution in [0.2, 0.25) is 0 Å². The largest absolute Gasteiger partial charge is 0.358 e. The standard InChI is InChI=1S/C12H18N4O2/c1-13-11(17)8-16-6-2-3-9(7-16)10-4-5-14-12(18)15-10/h4-5,9H,2-3,6-8H2,1H3,(H,13,17)(H,14,15,18)/t9-/m0/s1. The van der Waals surface area contributed by atoms with Gasteiger partial charge in [-0.3, -0.25) is 9.69 Å². The van der Waals surface area contributed by atoms with Gasteiger partial charge in [-0.25, -0.2) is 9.78 Å². The van der Waals surface area contributed by atoms with Gasteiger partial charge in [0, 0.05) is 31.4 Å². The summed E-state index contributed by atoms with van der Waals surface area (Å²) >= 11 is 0. The zero-order valence-electron chi connectivity index (χ0n) is 10.5. The Bertz CT molecular complexity index is 471. The van der Waals surface area contributed by atoms with E-state index in [1.165, 1.54) is 6.20 Å². The first-order valence-electron chi connectivity index (χ1n) is 6.17. The van der Waals surface area contributed by atoms with Crippen LogP contribution in [0, 0.1) is 0 Å². The van der Waals surface area contributed by atoms with Gasteiger partial charge < -0.3 is 10.3 Å². The van der Waals surface area contributed by atoms with E-state index in [1.807, 2.05) is 6.07 Å². The molecule has 0 aromatic carbocycles. The number of amides is 1. The van der Waals surface area contributed by atoms with E-state index in [9.17, 15) is 9.59 Å². The molecular weight excluding hydrogens is 232 g/mol. The lowest BCUT2D eigenvalue weighted by molar-refractivity contribution is -0.122. The lowest BCUT2D eigenvalue weighted by Crippen LogP contribution is -2.41. The molecule has 98 valence electrons. The second-order valence-corrected chi connectivity index (χ2v) is 4.58. The van der Waals surface area contributed by atoms with Gasteiger partial charge in [0.25, 0.3) is 0 Å². The number of aromatic nitrogens is 2. The summed E-state index contributed by atoms with van der Waals surface area (Å²) in [4.78, 5) is 31.1. The number of aromatic amines is 1. The van der Waals surface area contributed by atoms with E-state index in [0.717, 1.165) is 31.6 Å². The number of hydrogen-bond donors (Lipinski definition) is 2. The number of rotatable bonds is 3. The minimum Gasteiger partial charge on any atom is -0.358 e. The Morgan fingerprint density at radius 3 is 3.22 bits per heavy atom. The minimum absolute atomic E-state index is 0.0267. The van der Waals surface area contributed by atoms with Gasteiger partial charge in [0.1, 0.15) is 0 Å². The highest BCUT2D eigenvalue weighted by atomic mass is 16.2. The Balaban J connectivity index is 2.02. The highest BCUT2D eigenvalue weighted by molar-refractivity contribution is 5.77. The van der Waals surface area contributed by atoms with Crippen molar-refractivity contribution in [1.82, 2.24) is 20.2 Å². The van der Waals surface area contributed by atoms with Crippen LogP contribution in [0.5, 0.6) is 0 Å². The molecule has 18 heavy (non-hydrogen) atoms. The molecule has 1 aromatic heterocycles. The van der Waals surface area contributed by atoms with Crippen LogP contribution in [0.25, 0.3) is 0 Å². The van der Waals surface area contributed by atoms with Crippen LogP contribution >= 0.6 is 0 Å². The van der Waals surface area contributed by atoms with Crippen molar-refractivity contribution in [3.63, 3.8) is 0 Å². The maximum absolute atomic E-state index is 11.4. The summed E-state index contributed by atoms with van der Waals surface area (Å²) in [5, 5.41) is 2.63. The third kappa shape index (κ3) is 3.16. The highest BCUT2D eigenvalue weighted by Gasteiger charge is 2.23. The highest BCUT2D eigenvalue weighted by Crippen LogP contribution is 2.24. The molecule has 0 radical (unpaired) electrons. The smallest absolute Gasteiger partial charge is 0.345 e. The Morgan fingerprint density at radius 1 is 1.67 bits per heavy atom. The van der Waals surface area contributed by atoms with Gasteiger partial charge in [0.05, 0.1) is 6.54 Å². The molecule has 1 atom stereocenters. The van der Waals surface area contributed by atoms with Crippen molar-refractivity contribution in [3.05, 3.63) is 28.4 Å².